The Morgan fingerprint density at radius 1 is 1.08 bits per heavy atom. The number of hydrogen-bond acceptors (Lipinski definition) is 7. The highest BCUT2D eigenvalue weighted by molar-refractivity contribution is 5.97. The predicted molar refractivity (Wildman–Crippen MR) is 91.8 cm³/mol. The Morgan fingerprint density at radius 2 is 1.73 bits per heavy atom. The SMILES string of the molecule is COc1cc(C(=O)NCC(=O)OC2CCCCC2=O)cc(OC)c1OC. The van der Waals surface area contributed by atoms with Crippen LogP contribution >= 0.6 is 0 Å². The van der Waals surface area contributed by atoms with Crippen LogP contribution in [0.4, 0.5) is 0 Å². The fraction of sp³-hybridized carbons (Fsp3) is 0.500. The topological polar surface area (TPSA) is 100 Å². The van der Waals surface area contributed by atoms with E-state index in [4.69, 9.17) is 18.9 Å². The minimum Gasteiger partial charge on any atom is -0.493 e. The van der Waals surface area contributed by atoms with Gasteiger partial charge in [0.2, 0.25) is 5.75 Å². The molecule has 2 rings (SSSR count). The maximum atomic E-state index is 12.3. The summed E-state index contributed by atoms with van der Waals surface area (Å²) in [6.45, 7) is -0.334. The number of rotatable bonds is 7. The summed E-state index contributed by atoms with van der Waals surface area (Å²) < 4.78 is 20.7. The molecule has 1 amide bonds. The lowest BCUT2D eigenvalue weighted by atomic mass is 9.96. The number of methoxy groups -OCH3 is 3. The highest BCUT2D eigenvalue weighted by Gasteiger charge is 2.26. The third-order valence-electron chi connectivity index (χ3n) is 4.09. The fourth-order valence-electron chi connectivity index (χ4n) is 2.74. The van der Waals surface area contributed by atoms with E-state index in [0.29, 0.717) is 30.1 Å². The van der Waals surface area contributed by atoms with Gasteiger partial charge in [0.15, 0.2) is 23.4 Å². The van der Waals surface area contributed by atoms with Gasteiger partial charge in [-0.2, -0.15) is 0 Å². The lowest BCUT2D eigenvalue weighted by molar-refractivity contribution is -0.155. The van der Waals surface area contributed by atoms with Crippen molar-refractivity contribution in [1.29, 1.82) is 0 Å². The molecule has 0 spiro atoms. The van der Waals surface area contributed by atoms with Crippen molar-refractivity contribution >= 4 is 17.7 Å². The number of Topliss-reactive ketones (excluding diaryl/α,β-unsaturated/α-hetero) is 1. The number of hydrogen-bond donors (Lipinski definition) is 1. The number of carbonyl (C=O) groups excluding carboxylic acids is 3. The van der Waals surface area contributed by atoms with Crippen LogP contribution in [0.1, 0.15) is 36.0 Å². The van der Waals surface area contributed by atoms with Gasteiger partial charge in [-0.25, -0.2) is 0 Å². The molecule has 1 atom stereocenters. The average molecular weight is 365 g/mol. The number of amides is 1. The third-order valence-corrected chi connectivity index (χ3v) is 4.09. The quantitative estimate of drug-likeness (QED) is 0.731. The standard InChI is InChI=1S/C18H23NO7/c1-23-14-8-11(9-15(24-2)17(14)25-3)18(22)19-10-16(21)26-13-7-5-4-6-12(13)20/h8-9,13H,4-7,10H2,1-3H3,(H,19,22). The van der Waals surface area contributed by atoms with Gasteiger partial charge in [0.1, 0.15) is 6.54 Å². The maximum absolute atomic E-state index is 12.3. The summed E-state index contributed by atoms with van der Waals surface area (Å²) in [4.78, 5) is 35.9. The Morgan fingerprint density at radius 3 is 2.27 bits per heavy atom. The zero-order valence-corrected chi connectivity index (χ0v) is 15.1. The summed E-state index contributed by atoms with van der Waals surface area (Å²) in [6.07, 6.45) is 1.93. The van der Waals surface area contributed by atoms with Crippen molar-refractivity contribution in [3.63, 3.8) is 0 Å². The molecule has 0 heterocycles. The van der Waals surface area contributed by atoms with Gasteiger partial charge in [0, 0.05) is 12.0 Å². The average Bonchev–Trinajstić information content (AvgIpc) is 2.66. The molecule has 0 saturated heterocycles. The zero-order valence-electron chi connectivity index (χ0n) is 15.1. The van der Waals surface area contributed by atoms with Crippen LogP contribution in [0.15, 0.2) is 12.1 Å². The number of ketones is 1. The van der Waals surface area contributed by atoms with Crippen LogP contribution < -0.4 is 19.5 Å². The third kappa shape index (κ3) is 4.65. The van der Waals surface area contributed by atoms with E-state index in [2.05, 4.69) is 5.32 Å². The zero-order chi connectivity index (χ0) is 19.1. The van der Waals surface area contributed by atoms with Gasteiger partial charge in [-0.1, -0.05) is 0 Å². The van der Waals surface area contributed by atoms with Crippen molar-refractivity contribution < 1.29 is 33.3 Å². The molecule has 1 fully saturated rings. The second kappa shape index (κ2) is 9.07. The second-order valence-corrected chi connectivity index (χ2v) is 5.79. The summed E-state index contributed by atoms with van der Waals surface area (Å²) in [7, 11) is 4.34. The van der Waals surface area contributed by atoms with Crippen LogP contribution in [0.5, 0.6) is 17.2 Å². The molecule has 1 saturated carbocycles. The molecule has 0 radical (unpaired) electrons. The Balaban J connectivity index is 1.98. The Hall–Kier alpha value is -2.77. The minimum absolute atomic E-state index is 0.0689. The second-order valence-electron chi connectivity index (χ2n) is 5.79. The number of carbonyl (C=O) groups is 3. The van der Waals surface area contributed by atoms with Crippen LogP contribution in [0.25, 0.3) is 0 Å². The highest BCUT2D eigenvalue weighted by atomic mass is 16.5. The normalized spacial score (nSPS) is 16.6. The van der Waals surface area contributed by atoms with Gasteiger partial charge in [-0.3, -0.25) is 14.4 Å². The van der Waals surface area contributed by atoms with E-state index in [1.807, 2.05) is 0 Å². The molecule has 0 bridgehead atoms. The fourth-order valence-corrected chi connectivity index (χ4v) is 2.74. The lowest BCUT2D eigenvalue weighted by Crippen LogP contribution is -2.36. The van der Waals surface area contributed by atoms with Crippen LogP contribution in [-0.2, 0) is 14.3 Å². The monoisotopic (exact) mass is 365 g/mol. The van der Waals surface area contributed by atoms with Gasteiger partial charge in [-0.15, -0.1) is 0 Å². The Labute approximate surface area is 151 Å². The van der Waals surface area contributed by atoms with Crippen molar-refractivity contribution in [3.05, 3.63) is 17.7 Å². The predicted octanol–water partition coefficient (Wildman–Crippen LogP) is 1.50. The molecule has 0 aromatic heterocycles. The van der Waals surface area contributed by atoms with E-state index in [1.54, 1.807) is 0 Å². The van der Waals surface area contributed by atoms with E-state index in [1.165, 1.54) is 33.5 Å². The summed E-state index contributed by atoms with van der Waals surface area (Å²) >= 11 is 0. The smallest absolute Gasteiger partial charge is 0.326 e. The number of benzene rings is 1. The molecule has 1 aliphatic rings. The van der Waals surface area contributed by atoms with Crippen molar-refractivity contribution in [3.8, 4) is 17.2 Å². The molecular weight excluding hydrogens is 342 g/mol. The van der Waals surface area contributed by atoms with Gasteiger partial charge in [-0.05, 0) is 31.4 Å². The van der Waals surface area contributed by atoms with Gasteiger partial charge in [0.05, 0.1) is 21.3 Å². The first kappa shape index (κ1) is 19.6. The van der Waals surface area contributed by atoms with Crippen molar-refractivity contribution in [2.45, 2.75) is 31.8 Å². The first-order valence-corrected chi connectivity index (χ1v) is 8.30. The van der Waals surface area contributed by atoms with Gasteiger partial charge >= 0.3 is 5.97 Å². The summed E-state index contributed by atoms with van der Waals surface area (Å²) in [5, 5.41) is 2.47. The molecule has 8 nitrogen and oxygen atoms in total. The van der Waals surface area contributed by atoms with E-state index in [9.17, 15) is 14.4 Å². The van der Waals surface area contributed by atoms with E-state index >= 15 is 0 Å². The molecule has 1 aromatic rings. The van der Waals surface area contributed by atoms with Crippen LogP contribution in [0.3, 0.4) is 0 Å². The molecule has 26 heavy (non-hydrogen) atoms. The molecule has 142 valence electrons. The Kier molecular flexibility index (Phi) is 6.82. The first-order valence-electron chi connectivity index (χ1n) is 8.30. The van der Waals surface area contributed by atoms with Crippen LogP contribution in [0, 0.1) is 0 Å². The number of nitrogens with one attached hydrogen (secondary N) is 1. The molecular formula is C18H23NO7. The summed E-state index contributed by atoms with van der Waals surface area (Å²) in [5.74, 6) is -0.204. The first-order chi connectivity index (χ1) is 12.5. The highest BCUT2D eigenvalue weighted by Crippen LogP contribution is 2.38. The maximum Gasteiger partial charge on any atom is 0.326 e. The van der Waals surface area contributed by atoms with Crippen molar-refractivity contribution in [1.82, 2.24) is 5.32 Å². The minimum atomic E-state index is -0.700. The van der Waals surface area contributed by atoms with Crippen LogP contribution in [-0.4, -0.2) is 51.6 Å². The number of ether oxygens (including phenoxy) is 4. The molecule has 1 N–H and O–H groups in total. The van der Waals surface area contributed by atoms with Gasteiger partial charge in [0.25, 0.3) is 5.91 Å². The van der Waals surface area contributed by atoms with E-state index in [-0.39, 0.29) is 17.9 Å². The van der Waals surface area contributed by atoms with Crippen LogP contribution in [0.2, 0.25) is 0 Å². The molecule has 1 aromatic carbocycles. The molecule has 0 aliphatic heterocycles. The lowest BCUT2D eigenvalue weighted by Gasteiger charge is -2.20. The Bertz CT molecular complexity index is 661. The van der Waals surface area contributed by atoms with Crippen molar-refractivity contribution in [2.24, 2.45) is 0 Å². The largest absolute Gasteiger partial charge is 0.493 e. The van der Waals surface area contributed by atoms with Gasteiger partial charge < -0.3 is 24.3 Å². The number of esters is 1. The summed E-state index contributed by atoms with van der Waals surface area (Å²) in [5.41, 5.74) is 0.237. The molecule has 1 unspecified atom stereocenters. The molecule has 8 heteroatoms. The van der Waals surface area contributed by atoms with Crippen molar-refractivity contribution in [2.75, 3.05) is 27.9 Å². The van der Waals surface area contributed by atoms with E-state index < -0.39 is 18.0 Å². The van der Waals surface area contributed by atoms with E-state index in [0.717, 1.165) is 12.8 Å². The summed E-state index contributed by atoms with van der Waals surface area (Å²) in [6, 6.07) is 2.96. The molecule has 1 aliphatic carbocycles.